The van der Waals surface area contributed by atoms with Gasteiger partial charge < -0.3 is 15.0 Å². The summed E-state index contributed by atoms with van der Waals surface area (Å²) in [5.41, 5.74) is 0.873. The number of carbonyl (C=O) groups is 2. The molecule has 2 saturated heterocycles. The van der Waals surface area contributed by atoms with Gasteiger partial charge in [0.25, 0.3) is 16.1 Å². The summed E-state index contributed by atoms with van der Waals surface area (Å²) in [5, 5.41) is 2.85. The number of carbonyl (C=O) groups excluding carboxylic acids is 2. The topological polar surface area (TPSA) is 99.3 Å². The van der Waals surface area contributed by atoms with Gasteiger partial charge in [-0.3, -0.25) is 9.59 Å². The number of hydrogen-bond donors (Lipinski definition) is 1. The Balaban J connectivity index is 1.71. The quantitative estimate of drug-likeness (QED) is 0.747. The molecule has 2 aliphatic heterocycles. The average Bonchev–Trinajstić information content (AvgIpc) is 2.74. The first kappa shape index (κ1) is 21.7. The van der Waals surface area contributed by atoms with Crippen LogP contribution in [0.4, 0.5) is 5.69 Å². The molecule has 1 atom stereocenters. The molecule has 0 bridgehead atoms. The number of hydrogen-bond acceptors (Lipinski definition) is 5. The predicted octanol–water partition coefficient (Wildman–Crippen LogP) is 0.616. The Bertz CT molecular complexity index is 852. The summed E-state index contributed by atoms with van der Waals surface area (Å²) >= 11 is 0. The zero-order valence-electron chi connectivity index (χ0n) is 16.8. The van der Waals surface area contributed by atoms with E-state index in [1.807, 2.05) is 0 Å². The maximum absolute atomic E-state index is 12.9. The molecule has 2 amide bonds. The van der Waals surface area contributed by atoms with Gasteiger partial charge in [0.15, 0.2) is 0 Å². The zero-order chi connectivity index (χ0) is 21.0. The maximum Gasteiger partial charge on any atom is 0.281 e. The van der Waals surface area contributed by atoms with Gasteiger partial charge in [-0.2, -0.15) is 17.0 Å². The van der Waals surface area contributed by atoms with Crippen LogP contribution in [-0.4, -0.2) is 87.2 Å². The summed E-state index contributed by atoms with van der Waals surface area (Å²) < 4.78 is 32.6. The van der Waals surface area contributed by atoms with Gasteiger partial charge in [-0.25, -0.2) is 0 Å². The summed E-state index contributed by atoms with van der Waals surface area (Å²) in [4.78, 5) is 27.4. The lowest BCUT2D eigenvalue weighted by atomic mass is 9.98. The highest BCUT2D eigenvalue weighted by atomic mass is 32.2. The van der Waals surface area contributed by atoms with E-state index in [0.717, 1.165) is 4.31 Å². The monoisotopic (exact) mass is 424 g/mol. The number of anilines is 1. The smallest absolute Gasteiger partial charge is 0.281 e. The Hall–Kier alpha value is -2.01. The van der Waals surface area contributed by atoms with Crippen molar-refractivity contribution in [2.45, 2.75) is 12.8 Å². The molecule has 1 aromatic rings. The third kappa shape index (κ3) is 4.95. The number of rotatable bonds is 5. The number of nitrogens with one attached hydrogen (secondary N) is 1. The Labute approximate surface area is 171 Å². The molecule has 2 aliphatic rings. The van der Waals surface area contributed by atoms with Crippen LogP contribution < -0.4 is 5.32 Å². The van der Waals surface area contributed by atoms with Gasteiger partial charge in [0.2, 0.25) is 5.91 Å². The second-order valence-corrected chi connectivity index (χ2v) is 9.57. The van der Waals surface area contributed by atoms with E-state index >= 15 is 0 Å². The van der Waals surface area contributed by atoms with Crippen LogP contribution >= 0.6 is 0 Å². The molecule has 0 spiro atoms. The minimum Gasteiger partial charge on any atom is -0.378 e. The van der Waals surface area contributed by atoms with Gasteiger partial charge in [-0.05, 0) is 25.0 Å². The maximum atomic E-state index is 12.9. The Kier molecular flexibility index (Phi) is 6.89. The van der Waals surface area contributed by atoms with Crippen LogP contribution in [0, 0.1) is 5.92 Å². The second-order valence-electron chi connectivity index (χ2n) is 7.43. The van der Waals surface area contributed by atoms with Crippen molar-refractivity contribution >= 4 is 27.7 Å². The first-order valence-corrected chi connectivity index (χ1v) is 11.1. The van der Waals surface area contributed by atoms with E-state index in [1.54, 1.807) is 29.2 Å². The van der Waals surface area contributed by atoms with Gasteiger partial charge in [-0.1, -0.05) is 12.1 Å². The van der Waals surface area contributed by atoms with Crippen molar-refractivity contribution < 1.29 is 22.7 Å². The van der Waals surface area contributed by atoms with Crippen LogP contribution in [0.25, 0.3) is 0 Å². The minimum absolute atomic E-state index is 0.131. The van der Waals surface area contributed by atoms with Crippen molar-refractivity contribution in [1.82, 2.24) is 13.5 Å². The molecule has 2 heterocycles. The van der Waals surface area contributed by atoms with E-state index in [9.17, 15) is 18.0 Å². The molecule has 160 valence electrons. The minimum atomic E-state index is -3.56. The normalized spacial score (nSPS) is 21.2. The average molecular weight is 425 g/mol. The van der Waals surface area contributed by atoms with Gasteiger partial charge in [-0.15, -0.1) is 0 Å². The SMILES string of the molecule is CN(C)S(=O)(=O)N1CCC[C@H](C(=O)Nc2ccccc2C(=O)N2CCOCC2)C1. The summed E-state index contributed by atoms with van der Waals surface area (Å²) in [6.45, 7) is 2.56. The molecule has 0 radical (unpaired) electrons. The fraction of sp³-hybridized carbons (Fsp3) is 0.579. The van der Waals surface area contributed by atoms with E-state index in [4.69, 9.17) is 4.74 Å². The van der Waals surface area contributed by atoms with Crippen LogP contribution in [0.5, 0.6) is 0 Å². The van der Waals surface area contributed by atoms with Crippen LogP contribution in [0.15, 0.2) is 24.3 Å². The highest BCUT2D eigenvalue weighted by Crippen LogP contribution is 2.24. The number of amides is 2. The Morgan fingerprint density at radius 1 is 1.14 bits per heavy atom. The van der Waals surface area contributed by atoms with E-state index in [-0.39, 0.29) is 18.4 Å². The number of nitrogens with zero attached hydrogens (tertiary/aromatic N) is 3. The summed E-state index contributed by atoms with van der Waals surface area (Å²) in [6.07, 6.45) is 1.21. The number of para-hydroxylation sites is 1. The highest BCUT2D eigenvalue weighted by molar-refractivity contribution is 7.86. The lowest BCUT2D eigenvalue weighted by molar-refractivity contribution is -0.120. The molecule has 2 fully saturated rings. The van der Waals surface area contributed by atoms with Gasteiger partial charge in [0, 0.05) is 40.3 Å². The standard InChI is InChI=1S/C19H28N4O5S/c1-21(2)29(26,27)23-9-5-6-15(14-23)18(24)20-17-8-4-3-7-16(17)19(25)22-10-12-28-13-11-22/h3-4,7-8,15H,5-6,9-14H2,1-2H3,(H,20,24)/t15-/m0/s1. The fourth-order valence-electron chi connectivity index (χ4n) is 3.55. The van der Waals surface area contributed by atoms with Crippen molar-refractivity contribution in [1.29, 1.82) is 0 Å². The van der Waals surface area contributed by atoms with Gasteiger partial charge in [0.05, 0.1) is 30.4 Å². The van der Waals surface area contributed by atoms with Crippen LogP contribution in [0.2, 0.25) is 0 Å². The van der Waals surface area contributed by atoms with E-state index in [1.165, 1.54) is 18.4 Å². The molecule has 0 unspecified atom stereocenters. The van der Waals surface area contributed by atoms with Crippen LogP contribution in [0.3, 0.4) is 0 Å². The predicted molar refractivity (Wildman–Crippen MR) is 109 cm³/mol. The number of morpholine rings is 1. The largest absolute Gasteiger partial charge is 0.378 e. The summed E-state index contributed by atoms with van der Waals surface area (Å²) in [5.74, 6) is -0.888. The van der Waals surface area contributed by atoms with Crippen molar-refractivity contribution in [3.8, 4) is 0 Å². The molecule has 0 aliphatic carbocycles. The molecular formula is C19H28N4O5S. The summed E-state index contributed by atoms with van der Waals surface area (Å²) in [7, 11) is -0.604. The van der Waals surface area contributed by atoms with Crippen molar-refractivity contribution in [2.75, 3.05) is 58.8 Å². The van der Waals surface area contributed by atoms with Crippen molar-refractivity contribution in [3.05, 3.63) is 29.8 Å². The van der Waals surface area contributed by atoms with Crippen molar-refractivity contribution in [3.63, 3.8) is 0 Å². The molecule has 0 aromatic heterocycles. The second kappa shape index (κ2) is 9.21. The number of piperidine rings is 1. The third-order valence-electron chi connectivity index (χ3n) is 5.26. The lowest BCUT2D eigenvalue weighted by Gasteiger charge is -2.33. The van der Waals surface area contributed by atoms with Crippen LogP contribution in [0.1, 0.15) is 23.2 Å². The van der Waals surface area contributed by atoms with Gasteiger partial charge in [0.1, 0.15) is 0 Å². The molecule has 1 aromatic carbocycles. The van der Waals surface area contributed by atoms with Crippen LogP contribution in [-0.2, 0) is 19.7 Å². The van der Waals surface area contributed by atoms with E-state index in [2.05, 4.69) is 5.32 Å². The zero-order valence-corrected chi connectivity index (χ0v) is 17.7. The van der Waals surface area contributed by atoms with E-state index < -0.39 is 16.1 Å². The molecule has 9 nitrogen and oxygen atoms in total. The Morgan fingerprint density at radius 2 is 1.83 bits per heavy atom. The highest BCUT2D eigenvalue weighted by Gasteiger charge is 2.34. The van der Waals surface area contributed by atoms with Crippen molar-refractivity contribution in [2.24, 2.45) is 5.92 Å². The Morgan fingerprint density at radius 3 is 2.52 bits per heavy atom. The number of ether oxygens (including phenoxy) is 1. The third-order valence-corrected chi connectivity index (χ3v) is 7.16. The first-order valence-electron chi connectivity index (χ1n) is 9.75. The first-order chi connectivity index (χ1) is 13.8. The summed E-state index contributed by atoms with van der Waals surface area (Å²) in [6, 6.07) is 6.91. The number of benzene rings is 1. The lowest BCUT2D eigenvalue weighted by Crippen LogP contribution is -2.47. The molecule has 0 saturated carbocycles. The molecular weight excluding hydrogens is 396 g/mol. The molecule has 1 N–H and O–H groups in total. The van der Waals surface area contributed by atoms with Gasteiger partial charge >= 0.3 is 0 Å². The van der Waals surface area contributed by atoms with E-state index in [0.29, 0.717) is 56.9 Å². The fourth-order valence-corrected chi connectivity index (χ4v) is 4.74. The molecule has 29 heavy (non-hydrogen) atoms. The molecule has 3 rings (SSSR count). The molecule has 10 heteroatoms.